The molecule has 5 nitrogen and oxygen atoms in total. The minimum Gasteiger partial charge on any atom is -0.480 e. The summed E-state index contributed by atoms with van der Waals surface area (Å²) in [5.41, 5.74) is 0. The van der Waals surface area contributed by atoms with Gasteiger partial charge < -0.3 is 10.4 Å². The summed E-state index contributed by atoms with van der Waals surface area (Å²) in [6, 6.07) is 0.0488. The van der Waals surface area contributed by atoms with Crippen molar-refractivity contribution in [1.82, 2.24) is 10.2 Å². The van der Waals surface area contributed by atoms with Gasteiger partial charge in [-0.15, -0.1) is 6.42 Å². The molecule has 0 saturated heterocycles. The smallest absolute Gasteiger partial charge is 0.317 e. The lowest BCUT2D eigenvalue weighted by molar-refractivity contribution is -0.139. The zero-order chi connectivity index (χ0) is 12.6. The van der Waals surface area contributed by atoms with Gasteiger partial charge in [0.1, 0.15) is 0 Å². The highest BCUT2D eigenvalue weighted by atomic mass is 16.4. The minimum absolute atomic E-state index is 0.0488. The van der Waals surface area contributed by atoms with Crippen molar-refractivity contribution in [3.05, 3.63) is 0 Å². The van der Waals surface area contributed by atoms with Crippen LogP contribution in [0.1, 0.15) is 20.3 Å². The topological polar surface area (TPSA) is 69.6 Å². The van der Waals surface area contributed by atoms with E-state index in [9.17, 15) is 9.59 Å². The van der Waals surface area contributed by atoms with Crippen LogP contribution in [0, 0.1) is 12.3 Å². The highest BCUT2D eigenvalue weighted by molar-refractivity contribution is 5.79. The van der Waals surface area contributed by atoms with Crippen LogP contribution >= 0.6 is 0 Å². The zero-order valence-corrected chi connectivity index (χ0v) is 9.69. The summed E-state index contributed by atoms with van der Waals surface area (Å²) in [4.78, 5) is 23.6. The van der Waals surface area contributed by atoms with Crippen molar-refractivity contribution in [3.63, 3.8) is 0 Å². The maximum atomic E-state index is 11.4. The summed E-state index contributed by atoms with van der Waals surface area (Å²) < 4.78 is 0. The van der Waals surface area contributed by atoms with Crippen LogP contribution < -0.4 is 5.32 Å². The third kappa shape index (κ3) is 6.04. The van der Waals surface area contributed by atoms with E-state index in [2.05, 4.69) is 11.2 Å². The number of nitrogens with zero attached hydrogens (tertiary/aromatic N) is 1. The molecule has 0 heterocycles. The maximum Gasteiger partial charge on any atom is 0.317 e. The van der Waals surface area contributed by atoms with Gasteiger partial charge in [-0.1, -0.05) is 12.8 Å². The molecule has 0 aromatic heterocycles. The van der Waals surface area contributed by atoms with Crippen molar-refractivity contribution in [2.75, 3.05) is 19.6 Å². The van der Waals surface area contributed by atoms with Crippen molar-refractivity contribution in [2.45, 2.75) is 26.3 Å². The fourth-order valence-corrected chi connectivity index (χ4v) is 1.19. The van der Waals surface area contributed by atoms with Crippen molar-refractivity contribution < 1.29 is 14.7 Å². The van der Waals surface area contributed by atoms with Gasteiger partial charge in [0, 0.05) is 6.04 Å². The van der Waals surface area contributed by atoms with E-state index in [0.29, 0.717) is 0 Å². The van der Waals surface area contributed by atoms with Crippen LogP contribution in [0.25, 0.3) is 0 Å². The quantitative estimate of drug-likeness (QED) is 0.596. The lowest BCUT2D eigenvalue weighted by Gasteiger charge is -2.25. The average molecular weight is 226 g/mol. The van der Waals surface area contributed by atoms with Crippen LogP contribution in [0.4, 0.5) is 0 Å². The van der Waals surface area contributed by atoms with Gasteiger partial charge in [-0.2, -0.15) is 0 Å². The van der Waals surface area contributed by atoms with Gasteiger partial charge >= 0.3 is 5.97 Å². The molecule has 0 aromatic rings. The molecule has 1 amide bonds. The van der Waals surface area contributed by atoms with Crippen LogP contribution in [0.15, 0.2) is 0 Å². The molecule has 0 radical (unpaired) electrons. The van der Waals surface area contributed by atoms with Gasteiger partial charge in [-0.05, 0) is 13.3 Å². The predicted octanol–water partition coefficient (Wildman–Crippen LogP) is -0.0791. The summed E-state index contributed by atoms with van der Waals surface area (Å²) in [6.45, 7) is 3.91. The first kappa shape index (κ1) is 14.5. The van der Waals surface area contributed by atoms with E-state index >= 15 is 0 Å². The number of terminal acetylenes is 1. The number of carbonyl (C=O) groups excluding carboxylic acids is 1. The second kappa shape index (κ2) is 7.71. The molecule has 1 unspecified atom stereocenters. The SMILES string of the molecule is C#CCNC(=O)CN(CC(=O)O)C(C)CC. The third-order valence-electron chi connectivity index (χ3n) is 2.29. The summed E-state index contributed by atoms with van der Waals surface area (Å²) in [5.74, 6) is 1.10. The van der Waals surface area contributed by atoms with Crippen LogP contribution in [0.3, 0.4) is 0 Å². The molecule has 0 aliphatic carbocycles. The monoisotopic (exact) mass is 226 g/mol. The standard InChI is InChI=1S/C11H18N2O3/c1-4-6-12-10(14)7-13(8-11(15)16)9(3)5-2/h1,9H,5-8H2,2-3H3,(H,12,14)(H,15,16). The average Bonchev–Trinajstić information content (AvgIpc) is 2.23. The molecule has 5 heteroatoms. The number of rotatable bonds is 7. The largest absolute Gasteiger partial charge is 0.480 e. The molecular weight excluding hydrogens is 208 g/mol. The molecule has 2 N–H and O–H groups in total. The number of carbonyl (C=O) groups is 2. The number of carboxylic acid groups (broad SMARTS) is 1. The van der Waals surface area contributed by atoms with Crippen molar-refractivity contribution in [2.24, 2.45) is 0 Å². The number of hydrogen-bond donors (Lipinski definition) is 2. The first-order chi connectivity index (χ1) is 7.51. The number of hydrogen-bond acceptors (Lipinski definition) is 3. The van der Waals surface area contributed by atoms with Crippen LogP contribution in [0.5, 0.6) is 0 Å². The van der Waals surface area contributed by atoms with E-state index in [1.54, 1.807) is 4.90 Å². The molecule has 0 bridgehead atoms. The Hall–Kier alpha value is -1.54. The Morgan fingerprint density at radius 3 is 2.56 bits per heavy atom. The first-order valence-electron chi connectivity index (χ1n) is 5.17. The van der Waals surface area contributed by atoms with Gasteiger partial charge in [-0.3, -0.25) is 14.5 Å². The molecule has 0 rings (SSSR count). The van der Waals surface area contributed by atoms with E-state index in [-0.39, 0.29) is 31.6 Å². The van der Waals surface area contributed by atoms with Gasteiger partial charge in [0.15, 0.2) is 0 Å². The lowest BCUT2D eigenvalue weighted by Crippen LogP contribution is -2.44. The van der Waals surface area contributed by atoms with E-state index in [1.807, 2.05) is 13.8 Å². The summed E-state index contributed by atoms with van der Waals surface area (Å²) in [6.07, 6.45) is 5.79. The highest BCUT2D eigenvalue weighted by Gasteiger charge is 2.18. The number of aliphatic carboxylic acids is 1. The van der Waals surface area contributed by atoms with Gasteiger partial charge in [0.2, 0.25) is 5.91 Å². The van der Waals surface area contributed by atoms with Crippen molar-refractivity contribution in [3.8, 4) is 12.3 Å². The van der Waals surface area contributed by atoms with Gasteiger partial charge in [-0.25, -0.2) is 0 Å². The summed E-state index contributed by atoms with van der Waals surface area (Å²) in [7, 11) is 0. The van der Waals surface area contributed by atoms with Crippen molar-refractivity contribution >= 4 is 11.9 Å². The molecule has 0 aliphatic rings. The Labute approximate surface area is 95.8 Å². The van der Waals surface area contributed by atoms with Crippen LogP contribution in [0.2, 0.25) is 0 Å². The number of carboxylic acids is 1. The highest BCUT2D eigenvalue weighted by Crippen LogP contribution is 2.02. The molecule has 90 valence electrons. The summed E-state index contributed by atoms with van der Waals surface area (Å²) in [5, 5.41) is 11.2. The predicted molar refractivity (Wildman–Crippen MR) is 60.8 cm³/mol. The minimum atomic E-state index is -0.940. The zero-order valence-electron chi connectivity index (χ0n) is 9.69. The molecule has 0 spiro atoms. The third-order valence-corrected chi connectivity index (χ3v) is 2.29. The Morgan fingerprint density at radius 1 is 1.50 bits per heavy atom. The molecule has 0 aromatic carbocycles. The van der Waals surface area contributed by atoms with E-state index in [4.69, 9.17) is 11.5 Å². The normalized spacial score (nSPS) is 11.9. The Morgan fingerprint density at radius 2 is 2.12 bits per heavy atom. The molecule has 16 heavy (non-hydrogen) atoms. The Bertz CT molecular complexity index is 283. The fourth-order valence-electron chi connectivity index (χ4n) is 1.19. The lowest BCUT2D eigenvalue weighted by atomic mass is 10.2. The van der Waals surface area contributed by atoms with E-state index in [0.717, 1.165) is 6.42 Å². The first-order valence-corrected chi connectivity index (χ1v) is 5.17. The maximum absolute atomic E-state index is 11.4. The second-order valence-electron chi connectivity index (χ2n) is 3.54. The fraction of sp³-hybridized carbons (Fsp3) is 0.636. The van der Waals surface area contributed by atoms with Gasteiger partial charge in [0.05, 0.1) is 19.6 Å². The van der Waals surface area contributed by atoms with Crippen LogP contribution in [-0.4, -0.2) is 47.6 Å². The van der Waals surface area contributed by atoms with Crippen LogP contribution in [-0.2, 0) is 9.59 Å². The molecular formula is C11H18N2O3. The number of amides is 1. The Kier molecular flexibility index (Phi) is 6.97. The molecule has 0 fully saturated rings. The van der Waals surface area contributed by atoms with E-state index in [1.165, 1.54) is 0 Å². The molecule has 0 saturated carbocycles. The molecule has 1 atom stereocenters. The second-order valence-corrected chi connectivity index (χ2v) is 3.54. The summed E-state index contributed by atoms with van der Waals surface area (Å²) >= 11 is 0. The van der Waals surface area contributed by atoms with Crippen molar-refractivity contribution in [1.29, 1.82) is 0 Å². The van der Waals surface area contributed by atoms with E-state index < -0.39 is 5.97 Å². The Balaban J connectivity index is 4.25. The number of nitrogens with one attached hydrogen (secondary N) is 1. The van der Waals surface area contributed by atoms with Gasteiger partial charge in [0.25, 0.3) is 0 Å². The molecule has 0 aliphatic heterocycles.